The molecule has 7 aromatic rings. The van der Waals surface area contributed by atoms with Crippen LogP contribution in [0.3, 0.4) is 0 Å². The van der Waals surface area contributed by atoms with Crippen LogP contribution in [0.25, 0.3) is 55.7 Å². The molecule has 5 aromatic heterocycles. The molecular weight excluding hydrogens is 594 g/mol. The Morgan fingerprint density at radius 2 is 1.02 bits per heavy atom. The number of pyridine rings is 5. The topological polar surface area (TPSA) is 95.0 Å². The summed E-state index contributed by atoms with van der Waals surface area (Å²) in [7, 11) is 0. The largest absolute Gasteiger partial charge is 0.335 e. The van der Waals surface area contributed by atoms with E-state index in [4.69, 9.17) is 15.0 Å². The van der Waals surface area contributed by atoms with Crippen LogP contribution in [0.1, 0.15) is 11.4 Å². The lowest BCUT2D eigenvalue weighted by molar-refractivity contribution is 0.888. The summed E-state index contributed by atoms with van der Waals surface area (Å²) in [5.41, 5.74) is 9.91. The van der Waals surface area contributed by atoms with Crippen LogP contribution in [0.15, 0.2) is 152 Å². The van der Waals surface area contributed by atoms with Crippen LogP contribution in [0.5, 0.6) is 0 Å². The molecule has 3 aliphatic heterocycles. The van der Waals surface area contributed by atoms with Gasteiger partial charge in [-0.25, -0.2) is 15.0 Å². The van der Waals surface area contributed by atoms with Crippen molar-refractivity contribution in [2.24, 2.45) is 0 Å². The number of aromatic nitrogens is 5. The van der Waals surface area contributed by atoms with Crippen molar-refractivity contribution >= 4 is 44.7 Å². The average Bonchev–Trinajstić information content (AvgIpc) is 3.81. The quantitative estimate of drug-likeness (QED) is 0.211. The van der Waals surface area contributed by atoms with Crippen LogP contribution in [0.4, 0.5) is 11.5 Å². The molecule has 9 nitrogen and oxygen atoms in total. The summed E-state index contributed by atoms with van der Waals surface area (Å²) < 4.78 is 0. The number of benzene rings is 2. The van der Waals surface area contributed by atoms with Gasteiger partial charge >= 0.3 is 0 Å². The molecule has 0 radical (unpaired) electrons. The van der Waals surface area contributed by atoms with Crippen LogP contribution in [0.2, 0.25) is 0 Å². The second-order valence-corrected chi connectivity index (χ2v) is 11.8. The summed E-state index contributed by atoms with van der Waals surface area (Å²) in [4.78, 5) is 28.4. The molecule has 0 aliphatic carbocycles. The van der Waals surface area contributed by atoms with E-state index in [2.05, 4.69) is 73.1 Å². The summed E-state index contributed by atoms with van der Waals surface area (Å²) in [6.07, 6.45) is 9.72. The number of nitrogens with zero attached hydrogens (tertiary/aromatic N) is 7. The molecule has 0 unspecified atom stereocenters. The Kier molecular flexibility index (Phi) is 5.67. The van der Waals surface area contributed by atoms with E-state index in [0.29, 0.717) is 0 Å². The highest BCUT2D eigenvalue weighted by atomic mass is 15.4. The maximum absolute atomic E-state index is 5.05. The zero-order valence-electron chi connectivity index (χ0n) is 25.4. The van der Waals surface area contributed by atoms with Gasteiger partial charge in [-0.15, -0.1) is 0 Å². The summed E-state index contributed by atoms with van der Waals surface area (Å²) in [6.45, 7) is 0. The molecule has 0 bridgehead atoms. The smallest absolute Gasteiger partial charge is 0.162 e. The Morgan fingerprint density at radius 1 is 0.479 bits per heavy atom. The van der Waals surface area contributed by atoms with Gasteiger partial charge in [-0.05, 0) is 60.7 Å². The standard InChI is InChI=1S/C39H25N9/c1-3-10-28-24(8-1)18-26(20-41-28)30-12-5-14-32(43-30)34-22-47-36-16-7-17-40-37(36)48-23-35(46-39(48)38(47)45-34)33-15-6-13-31(44-33)27-19-25-9-2-4-11-29(25)42-21-27/h1-23,45-46H. The number of hydrogen-bond donors (Lipinski definition) is 2. The van der Waals surface area contributed by atoms with Crippen LogP contribution in [-0.4, -0.2) is 24.9 Å². The Balaban J connectivity index is 1.00. The number of para-hydroxylation sites is 2. The normalized spacial score (nSPS) is 14.7. The molecule has 9 heteroatoms. The van der Waals surface area contributed by atoms with Gasteiger partial charge in [-0.3, -0.25) is 19.8 Å². The molecule has 3 aliphatic rings. The van der Waals surface area contributed by atoms with Gasteiger partial charge in [-0.1, -0.05) is 48.5 Å². The Bertz CT molecular complexity index is 2380. The molecule has 48 heavy (non-hydrogen) atoms. The molecule has 2 aromatic carbocycles. The molecular formula is C39H25N9. The van der Waals surface area contributed by atoms with Crippen molar-refractivity contribution < 1.29 is 0 Å². The third kappa shape index (κ3) is 4.22. The van der Waals surface area contributed by atoms with Gasteiger partial charge in [0.1, 0.15) is 0 Å². The van der Waals surface area contributed by atoms with Crippen molar-refractivity contribution in [3.63, 3.8) is 0 Å². The highest BCUT2D eigenvalue weighted by Gasteiger charge is 2.38. The van der Waals surface area contributed by atoms with Crippen LogP contribution in [0, 0.1) is 0 Å². The van der Waals surface area contributed by atoms with E-state index in [-0.39, 0.29) is 0 Å². The first-order valence-corrected chi connectivity index (χ1v) is 15.7. The molecule has 0 saturated heterocycles. The zero-order valence-corrected chi connectivity index (χ0v) is 25.4. The van der Waals surface area contributed by atoms with E-state index in [0.717, 1.165) is 90.2 Å². The molecule has 8 heterocycles. The van der Waals surface area contributed by atoms with Gasteiger partial charge in [0.25, 0.3) is 0 Å². The minimum Gasteiger partial charge on any atom is -0.335 e. The zero-order chi connectivity index (χ0) is 31.6. The number of hydrogen-bond acceptors (Lipinski definition) is 9. The van der Waals surface area contributed by atoms with Gasteiger partial charge in [0.15, 0.2) is 17.5 Å². The van der Waals surface area contributed by atoms with Crippen molar-refractivity contribution in [1.29, 1.82) is 0 Å². The first-order valence-electron chi connectivity index (χ1n) is 15.7. The van der Waals surface area contributed by atoms with E-state index in [1.807, 2.05) is 97.5 Å². The maximum Gasteiger partial charge on any atom is 0.162 e. The third-order valence-electron chi connectivity index (χ3n) is 8.81. The SMILES string of the molecule is C1=C(c2cccc(-c3cnc4ccccc4c3)n2)NC2=C3NC(c4cccc(-c5cnc6ccccc6c5)n4)=CN3c3ncccc3N12. The molecule has 0 saturated carbocycles. The minimum absolute atomic E-state index is 0.816. The van der Waals surface area contributed by atoms with Gasteiger partial charge in [-0.2, -0.15) is 0 Å². The monoisotopic (exact) mass is 619 g/mol. The number of rotatable bonds is 4. The Morgan fingerprint density at radius 3 is 1.65 bits per heavy atom. The Labute approximate surface area is 275 Å². The summed E-state index contributed by atoms with van der Waals surface area (Å²) in [5.74, 6) is 2.56. The third-order valence-corrected chi connectivity index (χ3v) is 8.81. The van der Waals surface area contributed by atoms with Crippen LogP contribution < -0.4 is 20.4 Å². The molecule has 0 atom stereocenters. The fraction of sp³-hybridized carbons (Fsp3) is 0. The minimum atomic E-state index is 0.816. The van der Waals surface area contributed by atoms with Crippen LogP contribution in [-0.2, 0) is 0 Å². The lowest BCUT2D eigenvalue weighted by Gasteiger charge is -2.32. The second kappa shape index (κ2) is 10.3. The molecule has 0 fully saturated rings. The molecule has 226 valence electrons. The number of nitrogens with one attached hydrogen (secondary N) is 2. The lowest BCUT2D eigenvalue weighted by atomic mass is 10.1. The van der Waals surface area contributed by atoms with E-state index >= 15 is 0 Å². The lowest BCUT2D eigenvalue weighted by Crippen LogP contribution is -2.35. The van der Waals surface area contributed by atoms with Crippen molar-refractivity contribution in [2.75, 3.05) is 9.80 Å². The van der Waals surface area contributed by atoms with Crippen molar-refractivity contribution in [1.82, 2.24) is 35.6 Å². The van der Waals surface area contributed by atoms with Gasteiger partial charge in [0.05, 0.1) is 50.9 Å². The van der Waals surface area contributed by atoms with Gasteiger partial charge in [0, 0.05) is 52.9 Å². The van der Waals surface area contributed by atoms with E-state index in [1.165, 1.54) is 0 Å². The van der Waals surface area contributed by atoms with E-state index in [9.17, 15) is 0 Å². The molecule has 10 rings (SSSR count). The fourth-order valence-corrected chi connectivity index (χ4v) is 6.47. The van der Waals surface area contributed by atoms with E-state index < -0.39 is 0 Å². The molecule has 0 spiro atoms. The van der Waals surface area contributed by atoms with Crippen molar-refractivity contribution in [3.05, 3.63) is 163 Å². The van der Waals surface area contributed by atoms with Gasteiger partial charge in [0.2, 0.25) is 0 Å². The van der Waals surface area contributed by atoms with Crippen LogP contribution >= 0.6 is 0 Å². The van der Waals surface area contributed by atoms with Crippen molar-refractivity contribution in [3.8, 4) is 22.5 Å². The molecule has 0 amide bonds. The number of anilines is 2. The molecule has 2 N–H and O–H groups in total. The summed E-state index contributed by atoms with van der Waals surface area (Å²) >= 11 is 0. The predicted molar refractivity (Wildman–Crippen MR) is 188 cm³/mol. The van der Waals surface area contributed by atoms with Crippen molar-refractivity contribution in [2.45, 2.75) is 0 Å². The van der Waals surface area contributed by atoms with Gasteiger partial charge < -0.3 is 10.6 Å². The average molecular weight is 620 g/mol. The summed E-state index contributed by atoms with van der Waals surface area (Å²) in [5, 5.41) is 9.45. The second-order valence-electron chi connectivity index (χ2n) is 11.8. The fourth-order valence-electron chi connectivity index (χ4n) is 6.47. The number of fused-ring (bicyclic) bond motifs is 7. The summed E-state index contributed by atoms with van der Waals surface area (Å²) in [6, 6.07) is 36.6. The maximum atomic E-state index is 5.05. The first-order chi connectivity index (χ1) is 23.7. The van der Waals surface area contributed by atoms with E-state index in [1.54, 1.807) is 0 Å². The highest BCUT2D eigenvalue weighted by Crippen LogP contribution is 2.43. The highest BCUT2D eigenvalue weighted by molar-refractivity contribution is 5.89. The Hall–Kier alpha value is -6.87. The predicted octanol–water partition coefficient (Wildman–Crippen LogP) is 7.26. The first kappa shape index (κ1) is 26.4.